The van der Waals surface area contributed by atoms with E-state index in [1.807, 2.05) is 25.1 Å². The van der Waals surface area contributed by atoms with Gasteiger partial charge < -0.3 is 10.5 Å². The fraction of sp³-hybridized carbons (Fsp3) is 0.192. The second kappa shape index (κ2) is 8.78. The molecule has 148 valence electrons. The van der Waals surface area contributed by atoms with Crippen LogP contribution in [-0.4, -0.2) is 13.1 Å². The van der Waals surface area contributed by atoms with E-state index in [9.17, 15) is 4.79 Å². The van der Waals surface area contributed by atoms with Crippen LogP contribution in [0, 0.1) is 20.8 Å². The highest BCUT2D eigenvalue weighted by Crippen LogP contribution is 2.38. The Hall–Kier alpha value is -3.33. The molecule has 0 saturated heterocycles. The summed E-state index contributed by atoms with van der Waals surface area (Å²) in [6.07, 6.45) is 4.32. The molecule has 0 aliphatic rings. The standard InChI is InChI=1S/C26H27NO2/c1-17-10-13-21(14-11-17)25-18(2)22(15-12-20-8-6-5-7-9-20)26(27)19(3)23(25)16-24(28)29-4/h5-15H,16,27H2,1-4H3/b15-12+. The van der Waals surface area contributed by atoms with Gasteiger partial charge in [0.25, 0.3) is 0 Å². The molecule has 0 heterocycles. The number of benzene rings is 3. The first kappa shape index (κ1) is 20.4. The Morgan fingerprint density at radius 3 is 2.21 bits per heavy atom. The molecule has 3 rings (SSSR count). The normalized spacial score (nSPS) is 11.0. The third kappa shape index (κ3) is 4.40. The number of carbonyl (C=O) groups is 1. The highest BCUT2D eigenvalue weighted by molar-refractivity contribution is 5.89. The van der Waals surface area contributed by atoms with Crippen molar-refractivity contribution in [2.24, 2.45) is 0 Å². The minimum absolute atomic E-state index is 0.194. The number of nitrogen functional groups attached to an aromatic ring is 1. The Bertz CT molecular complexity index is 1050. The quantitative estimate of drug-likeness (QED) is 0.346. The smallest absolute Gasteiger partial charge is 0.310 e. The number of hydrogen-bond donors (Lipinski definition) is 1. The van der Waals surface area contributed by atoms with Gasteiger partial charge in [-0.3, -0.25) is 4.79 Å². The van der Waals surface area contributed by atoms with Crippen LogP contribution in [0.5, 0.6) is 0 Å². The predicted molar refractivity (Wildman–Crippen MR) is 122 cm³/mol. The number of aryl methyl sites for hydroxylation is 1. The molecule has 0 fully saturated rings. The van der Waals surface area contributed by atoms with Crippen LogP contribution in [0.1, 0.15) is 33.4 Å². The molecule has 0 unspecified atom stereocenters. The highest BCUT2D eigenvalue weighted by atomic mass is 16.5. The lowest BCUT2D eigenvalue weighted by molar-refractivity contribution is -0.139. The minimum atomic E-state index is -0.271. The van der Waals surface area contributed by atoms with Gasteiger partial charge in [0, 0.05) is 11.3 Å². The van der Waals surface area contributed by atoms with E-state index in [4.69, 9.17) is 10.5 Å². The van der Waals surface area contributed by atoms with E-state index in [0.717, 1.165) is 38.9 Å². The van der Waals surface area contributed by atoms with Crippen LogP contribution in [0.2, 0.25) is 0 Å². The largest absolute Gasteiger partial charge is 0.469 e. The molecule has 3 nitrogen and oxygen atoms in total. The van der Waals surface area contributed by atoms with Gasteiger partial charge in [0.2, 0.25) is 0 Å². The van der Waals surface area contributed by atoms with E-state index in [-0.39, 0.29) is 12.4 Å². The number of rotatable bonds is 5. The number of nitrogens with two attached hydrogens (primary N) is 1. The fourth-order valence-corrected chi connectivity index (χ4v) is 3.62. The van der Waals surface area contributed by atoms with E-state index in [2.05, 4.69) is 62.4 Å². The van der Waals surface area contributed by atoms with Crippen molar-refractivity contribution in [3.63, 3.8) is 0 Å². The Morgan fingerprint density at radius 1 is 0.931 bits per heavy atom. The van der Waals surface area contributed by atoms with Crippen LogP contribution in [0.25, 0.3) is 23.3 Å². The van der Waals surface area contributed by atoms with E-state index >= 15 is 0 Å². The van der Waals surface area contributed by atoms with E-state index in [1.54, 1.807) is 0 Å². The first-order valence-corrected chi connectivity index (χ1v) is 9.71. The molecule has 0 amide bonds. The van der Waals surface area contributed by atoms with Crippen molar-refractivity contribution in [3.05, 3.63) is 88.0 Å². The van der Waals surface area contributed by atoms with Crippen molar-refractivity contribution in [2.75, 3.05) is 12.8 Å². The molecule has 29 heavy (non-hydrogen) atoms. The van der Waals surface area contributed by atoms with Crippen LogP contribution >= 0.6 is 0 Å². The van der Waals surface area contributed by atoms with E-state index < -0.39 is 0 Å². The van der Waals surface area contributed by atoms with Gasteiger partial charge in [0.05, 0.1) is 13.5 Å². The number of methoxy groups -OCH3 is 1. The third-order valence-corrected chi connectivity index (χ3v) is 5.36. The molecule has 0 radical (unpaired) electrons. The van der Waals surface area contributed by atoms with Gasteiger partial charge in [0.15, 0.2) is 0 Å². The number of carbonyl (C=O) groups excluding carboxylic acids is 1. The third-order valence-electron chi connectivity index (χ3n) is 5.36. The lowest BCUT2D eigenvalue weighted by Crippen LogP contribution is -2.11. The molecule has 0 spiro atoms. The van der Waals surface area contributed by atoms with Gasteiger partial charge in [-0.15, -0.1) is 0 Å². The zero-order valence-electron chi connectivity index (χ0n) is 17.5. The van der Waals surface area contributed by atoms with Crippen molar-refractivity contribution in [1.29, 1.82) is 0 Å². The zero-order chi connectivity index (χ0) is 21.0. The number of anilines is 1. The molecule has 0 aromatic heterocycles. The fourth-order valence-electron chi connectivity index (χ4n) is 3.62. The Balaban J connectivity index is 2.22. The lowest BCUT2D eigenvalue weighted by Gasteiger charge is -2.21. The van der Waals surface area contributed by atoms with Crippen molar-refractivity contribution in [2.45, 2.75) is 27.2 Å². The maximum absolute atomic E-state index is 12.1. The summed E-state index contributed by atoms with van der Waals surface area (Å²) in [6, 6.07) is 18.5. The number of esters is 1. The van der Waals surface area contributed by atoms with Gasteiger partial charge in [0.1, 0.15) is 0 Å². The van der Waals surface area contributed by atoms with Gasteiger partial charge >= 0.3 is 5.97 Å². The molecule has 0 aliphatic heterocycles. The van der Waals surface area contributed by atoms with Crippen molar-refractivity contribution < 1.29 is 9.53 Å². The molecular formula is C26H27NO2. The predicted octanol–water partition coefficient (Wildman–Crippen LogP) is 5.75. The van der Waals surface area contributed by atoms with Gasteiger partial charge in [-0.1, -0.05) is 72.3 Å². The number of hydrogen-bond acceptors (Lipinski definition) is 3. The Morgan fingerprint density at radius 2 is 1.59 bits per heavy atom. The molecule has 0 saturated carbocycles. The average Bonchev–Trinajstić information content (AvgIpc) is 2.73. The van der Waals surface area contributed by atoms with Crippen LogP contribution in [0.15, 0.2) is 54.6 Å². The Labute approximate surface area is 172 Å². The van der Waals surface area contributed by atoms with Gasteiger partial charge in [-0.05, 0) is 54.2 Å². The van der Waals surface area contributed by atoms with Crippen molar-refractivity contribution >= 4 is 23.8 Å². The van der Waals surface area contributed by atoms with Crippen LogP contribution < -0.4 is 5.73 Å². The summed E-state index contributed by atoms with van der Waals surface area (Å²) in [5.41, 5.74) is 15.5. The number of ether oxygens (including phenoxy) is 1. The maximum Gasteiger partial charge on any atom is 0.310 e. The summed E-state index contributed by atoms with van der Waals surface area (Å²) in [4.78, 5) is 12.1. The molecule has 0 atom stereocenters. The second-order valence-corrected chi connectivity index (χ2v) is 7.29. The van der Waals surface area contributed by atoms with E-state index in [0.29, 0.717) is 5.69 Å². The summed E-state index contributed by atoms with van der Waals surface area (Å²) in [5.74, 6) is -0.271. The summed E-state index contributed by atoms with van der Waals surface area (Å²) >= 11 is 0. The van der Waals surface area contributed by atoms with Crippen LogP contribution in [0.4, 0.5) is 5.69 Å². The summed E-state index contributed by atoms with van der Waals surface area (Å²) in [7, 11) is 1.41. The van der Waals surface area contributed by atoms with E-state index in [1.165, 1.54) is 12.7 Å². The maximum atomic E-state index is 12.1. The monoisotopic (exact) mass is 385 g/mol. The Kier molecular flexibility index (Phi) is 6.18. The molecule has 3 aromatic carbocycles. The average molecular weight is 386 g/mol. The topological polar surface area (TPSA) is 52.3 Å². The SMILES string of the molecule is COC(=O)Cc1c(C)c(N)c(/C=C/c2ccccc2)c(C)c1-c1ccc(C)cc1. The molecule has 2 N–H and O–H groups in total. The first-order chi connectivity index (χ1) is 13.9. The molecular weight excluding hydrogens is 358 g/mol. The molecule has 3 heteroatoms. The zero-order valence-corrected chi connectivity index (χ0v) is 17.5. The molecule has 0 aliphatic carbocycles. The lowest BCUT2D eigenvalue weighted by atomic mass is 9.85. The molecule has 3 aromatic rings. The van der Waals surface area contributed by atoms with Gasteiger partial charge in [-0.2, -0.15) is 0 Å². The first-order valence-electron chi connectivity index (χ1n) is 9.71. The summed E-state index contributed by atoms with van der Waals surface area (Å²) < 4.78 is 4.94. The molecule has 0 bridgehead atoms. The van der Waals surface area contributed by atoms with Crippen LogP contribution in [0.3, 0.4) is 0 Å². The van der Waals surface area contributed by atoms with Crippen LogP contribution in [-0.2, 0) is 16.0 Å². The second-order valence-electron chi connectivity index (χ2n) is 7.29. The highest BCUT2D eigenvalue weighted by Gasteiger charge is 2.20. The summed E-state index contributed by atoms with van der Waals surface area (Å²) in [6.45, 7) is 6.11. The van der Waals surface area contributed by atoms with Gasteiger partial charge in [-0.25, -0.2) is 0 Å². The minimum Gasteiger partial charge on any atom is -0.469 e. The summed E-state index contributed by atoms with van der Waals surface area (Å²) in [5, 5.41) is 0. The van der Waals surface area contributed by atoms with Crippen molar-refractivity contribution in [1.82, 2.24) is 0 Å². The van der Waals surface area contributed by atoms with Crippen molar-refractivity contribution in [3.8, 4) is 11.1 Å².